The highest BCUT2D eigenvalue weighted by Crippen LogP contribution is 2.22. The maximum atomic E-state index is 12.7. The first-order valence-corrected chi connectivity index (χ1v) is 12.3. The fraction of sp³-hybridized carbons (Fsp3) is 0.700. The molecular weight excluding hydrogens is 408 g/mol. The molecule has 1 aromatic rings. The lowest BCUT2D eigenvalue weighted by Crippen LogP contribution is -2.45. The van der Waals surface area contributed by atoms with Gasteiger partial charge < -0.3 is 14.5 Å². The van der Waals surface area contributed by atoms with Crippen LogP contribution in [0.5, 0.6) is 0 Å². The van der Waals surface area contributed by atoms with Crippen molar-refractivity contribution in [1.82, 2.24) is 14.9 Å². The number of piperidine rings is 1. The quantitative estimate of drug-likeness (QED) is 0.578. The van der Waals surface area contributed by atoms with Crippen LogP contribution >= 0.6 is 0 Å². The molecule has 1 atom stereocenters. The van der Waals surface area contributed by atoms with E-state index >= 15 is 0 Å². The van der Waals surface area contributed by atoms with Gasteiger partial charge in [0.25, 0.3) is 5.91 Å². The van der Waals surface area contributed by atoms with Crippen LogP contribution in [0.3, 0.4) is 0 Å². The van der Waals surface area contributed by atoms with Gasteiger partial charge in [-0.25, -0.2) is 18.4 Å². The van der Waals surface area contributed by atoms with Crippen molar-refractivity contribution in [2.75, 3.05) is 42.6 Å². The fourth-order valence-corrected chi connectivity index (χ4v) is 5.70. The molecular formula is C20H30N4O5S. The topological polar surface area (TPSA) is 110 Å². The van der Waals surface area contributed by atoms with Gasteiger partial charge in [-0.2, -0.15) is 0 Å². The summed E-state index contributed by atoms with van der Waals surface area (Å²) in [5.74, 6) is -0.0339. The van der Waals surface area contributed by atoms with Crippen LogP contribution in [0.2, 0.25) is 0 Å². The molecule has 0 spiro atoms. The lowest BCUT2D eigenvalue weighted by molar-refractivity contribution is -0.157. The molecule has 2 aliphatic rings. The summed E-state index contributed by atoms with van der Waals surface area (Å²) in [6, 6.07) is 1.42. The number of ether oxygens (including phenoxy) is 1. The zero-order valence-electron chi connectivity index (χ0n) is 17.6. The summed E-state index contributed by atoms with van der Waals surface area (Å²) in [6.45, 7) is 5.35. The Balaban J connectivity index is 1.50. The Morgan fingerprint density at radius 2 is 1.87 bits per heavy atom. The Kier molecular flexibility index (Phi) is 7.27. The molecule has 1 aromatic heterocycles. The standard InChI is InChI=1S/C20H30N4O5S/c1-15(2)12-24(17-6-11-30(27,28)14-17)18(25)13-29-19(26)16-4-9-23(10-5-16)20-21-7-3-8-22-20/h3,7-8,15-17H,4-6,9-14H2,1-2H3. The van der Waals surface area contributed by atoms with Gasteiger partial charge in [-0.15, -0.1) is 0 Å². The predicted molar refractivity (Wildman–Crippen MR) is 112 cm³/mol. The lowest BCUT2D eigenvalue weighted by Gasteiger charge is -2.31. The highest BCUT2D eigenvalue weighted by atomic mass is 32.2. The van der Waals surface area contributed by atoms with Gasteiger partial charge in [0.1, 0.15) is 0 Å². The zero-order chi connectivity index (χ0) is 21.7. The summed E-state index contributed by atoms with van der Waals surface area (Å²) in [7, 11) is -3.10. The van der Waals surface area contributed by atoms with Crippen LogP contribution in [0.1, 0.15) is 33.1 Å². The first-order valence-electron chi connectivity index (χ1n) is 10.4. The highest BCUT2D eigenvalue weighted by Gasteiger charge is 2.35. The van der Waals surface area contributed by atoms with Crippen LogP contribution in [0.25, 0.3) is 0 Å². The molecule has 0 radical (unpaired) electrons. The molecule has 30 heavy (non-hydrogen) atoms. The first-order chi connectivity index (χ1) is 14.2. The molecule has 9 nitrogen and oxygen atoms in total. The smallest absolute Gasteiger partial charge is 0.309 e. The molecule has 2 fully saturated rings. The molecule has 166 valence electrons. The van der Waals surface area contributed by atoms with Gasteiger partial charge >= 0.3 is 5.97 Å². The highest BCUT2D eigenvalue weighted by molar-refractivity contribution is 7.91. The maximum absolute atomic E-state index is 12.7. The zero-order valence-corrected chi connectivity index (χ0v) is 18.4. The first kappa shape index (κ1) is 22.5. The largest absolute Gasteiger partial charge is 0.455 e. The van der Waals surface area contributed by atoms with Crippen molar-refractivity contribution in [2.45, 2.75) is 39.2 Å². The van der Waals surface area contributed by atoms with Crippen LogP contribution in [-0.2, 0) is 24.2 Å². The Morgan fingerprint density at radius 1 is 1.20 bits per heavy atom. The van der Waals surface area contributed by atoms with Crippen molar-refractivity contribution in [2.24, 2.45) is 11.8 Å². The average Bonchev–Trinajstić information content (AvgIpc) is 3.10. The number of aromatic nitrogens is 2. The van der Waals surface area contributed by atoms with E-state index < -0.39 is 9.84 Å². The summed E-state index contributed by atoms with van der Waals surface area (Å²) < 4.78 is 29.0. The summed E-state index contributed by atoms with van der Waals surface area (Å²) in [6.07, 6.45) is 5.04. The van der Waals surface area contributed by atoms with E-state index in [4.69, 9.17) is 4.74 Å². The van der Waals surface area contributed by atoms with Gasteiger partial charge in [0, 0.05) is 38.1 Å². The normalized spacial score (nSPS) is 21.6. The van der Waals surface area contributed by atoms with Crippen molar-refractivity contribution in [3.63, 3.8) is 0 Å². The third-order valence-electron chi connectivity index (χ3n) is 5.53. The van der Waals surface area contributed by atoms with E-state index in [0.29, 0.717) is 44.8 Å². The summed E-state index contributed by atoms with van der Waals surface area (Å²) >= 11 is 0. The van der Waals surface area contributed by atoms with Crippen LogP contribution < -0.4 is 4.90 Å². The van der Waals surface area contributed by atoms with Crippen molar-refractivity contribution in [1.29, 1.82) is 0 Å². The van der Waals surface area contributed by atoms with Gasteiger partial charge in [-0.1, -0.05) is 13.8 Å². The van der Waals surface area contributed by atoms with Crippen molar-refractivity contribution < 1.29 is 22.7 Å². The van der Waals surface area contributed by atoms with Gasteiger partial charge in [0.05, 0.1) is 17.4 Å². The van der Waals surface area contributed by atoms with Gasteiger partial charge in [0.2, 0.25) is 5.95 Å². The molecule has 2 aliphatic heterocycles. The van der Waals surface area contributed by atoms with E-state index in [9.17, 15) is 18.0 Å². The molecule has 3 heterocycles. The second-order valence-corrected chi connectivity index (χ2v) is 10.6. The number of amides is 1. The minimum Gasteiger partial charge on any atom is -0.455 e. The number of nitrogens with zero attached hydrogens (tertiary/aromatic N) is 4. The Labute approximate surface area is 177 Å². The monoisotopic (exact) mass is 438 g/mol. The molecule has 1 unspecified atom stereocenters. The Morgan fingerprint density at radius 3 is 2.43 bits per heavy atom. The lowest BCUT2D eigenvalue weighted by atomic mass is 9.97. The third kappa shape index (κ3) is 5.90. The molecule has 3 rings (SSSR count). The van der Waals surface area contributed by atoms with E-state index in [-0.39, 0.29) is 47.9 Å². The van der Waals surface area contributed by atoms with Crippen LogP contribution in [-0.4, -0.2) is 79.0 Å². The van der Waals surface area contributed by atoms with E-state index in [1.165, 1.54) is 0 Å². The van der Waals surface area contributed by atoms with Crippen LogP contribution in [0.15, 0.2) is 18.5 Å². The van der Waals surface area contributed by atoms with E-state index in [1.54, 1.807) is 23.4 Å². The number of anilines is 1. The van der Waals surface area contributed by atoms with E-state index in [0.717, 1.165) is 0 Å². The number of rotatable bonds is 7. The Bertz CT molecular complexity index is 838. The molecule has 0 aromatic carbocycles. The van der Waals surface area contributed by atoms with Crippen molar-refractivity contribution in [3.8, 4) is 0 Å². The SMILES string of the molecule is CC(C)CN(C(=O)COC(=O)C1CCN(c2ncccn2)CC1)C1CCS(=O)(=O)C1. The summed E-state index contributed by atoms with van der Waals surface area (Å²) in [4.78, 5) is 37.3. The molecule has 1 amide bonds. The fourth-order valence-electron chi connectivity index (χ4n) is 3.97. The van der Waals surface area contributed by atoms with E-state index in [1.807, 2.05) is 18.7 Å². The molecule has 10 heteroatoms. The number of hydrogen-bond donors (Lipinski definition) is 0. The number of carbonyl (C=O) groups excluding carboxylic acids is 2. The minimum absolute atomic E-state index is 0.0145. The molecule has 0 saturated carbocycles. The second-order valence-electron chi connectivity index (χ2n) is 8.41. The van der Waals surface area contributed by atoms with Crippen LogP contribution in [0.4, 0.5) is 5.95 Å². The predicted octanol–water partition coefficient (Wildman–Crippen LogP) is 0.908. The third-order valence-corrected chi connectivity index (χ3v) is 7.28. The number of hydrogen-bond acceptors (Lipinski definition) is 8. The molecule has 0 aliphatic carbocycles. The maximum Gasteiger partial charge on any atom is 0.309 e. The minimum atomic E-state index is -3.10. The summed E-state index contributed by atoms with van der Waals surface area (Å²) in [5.41, 5.74) is 0. The average molecular weight is 439 g/mol. The molecule has 0 N–H and O–H groups in total. The van der Waals surface area contributed by atoms with Gasteiger partial charge in [-0.05, 0) is 31.2 Å². The number of esters is 1. The molecule has 2 saturated heterocycles. The van der Waals surface area contributed by atoms with Gasteiger partial charge in [-0.3, -0.25) is 9.59 Å². The summed E-state index contributed by atoms with van der Waals surface area (Å²) in [5, 5.41) is 0. The number of carbonyl (C=O) groups is 2. The second kappa shape index (κ2) is 9.72. The van der Waals surface area contributed by atoms with Crippen molar-refractivity contribution >= 4 is 27.7 Å². The van der Waals surface area contributed by atoms with Gasteiger partial charge in [0.15, 0.2) is 16.4 Å². The number of sulfone groups is 1. The molecule has 0 bridgehead atoms. The van der Waals surface area contributed by atoms with Crippen LogP contribution in [0, 0.1) is 11.8 Å². The van der Waals surface area contributed by atoms with E-state index in [2.05, 4.69) is 9.97 Å². The van der Waals surface area contributed by atoms with Crippen molar-refractivity contribution in [3.05, 3.63) is 18.5 Å². The Hall–Kier alpha value is -2.23.